The highest BCUT2D eigenvalue weighted by Crippen LogP contribution is 2.59. The van der Waals surface area contributed by atoms with Crippen LogP contribution in [0.4, 0.5) is 0 Å². The van der Waals surface area contributed by atoms with Gasteiger partial charge in [-0.05, 0) is 89.3 Å². The molecule has 0 spiro atoms. The minimum Gasteiger partial charge on any atom is -0.497 e. The Balaban J connectivity index is 1.73. The number of carbonyl (C=O) groups is 1. The standard InChI is InChI=1S/C19H21IO2/c1-19-8-7-14-13-6-4-12(22-2)9-11(13)3-5-15(14)16(19)10-17(20)18(19)21/h4,6,9-10,14-16H,3,5,7-8H2,1-2H3/t14-,15-,16+,19+/m1/s1. The zero-order valence-corrected chi connectivity index (χ0v) is 15.2. The number of allylic oxidation sites excluding steroid dienone is 2. The Labute approximate surface area is 145 Å². The number of rotatable bonds is 1. The first-order valence-electron chi connectivity index (χ1n) is 8.13. The van der Waals surface area contributed by atoms with E-state index in [9.17, 15) is 4.79 Å². The van der Waals surface area contributed by atoms with Crippen LogP contribution in [0.15, 0.2) is 27.9 Å². The van der Waals surface area contributed by atoms with Gasteiger partial charge in [-0.2, -0.15) is 0 Å². The van der Waals surface area contributed by atoms with Crippen molar-refractivity contribution in [2.24, 2.45) is 17.3 Å². The quantitative estimate of drug-likeness (QED) is 0.632. The van der Waals surface area contributed by atoms with Crippen LogP contribution in [0.25, 0.3) is 0 Å². The summed E-state index contributed by atoms with van der Waals surface area (Å²) in [7, 11) is 1.73. The van der Waals surface area contributed by atoms with Crippen molar-refractivity contribution in [3.8, 4) is 5.75 Å². The maximum absolute atomic E-state index is 12.6. The highest BCUT2D eigenvalue weighted by molar-refractivity contribution is 14.1. The third kappa shape index (κ3) is 1.93. The number of hydrogen-bond donors (Lipinski definition) is 0. The van der Waals surface area contributed by atoms with Crippen LogP contribution in [-0.2, 0) is 11.2 Å². The summed E-state index contributed by atoms with van der Waals surface area (Å²) in [6, 6.07) is 6.56. The molecule has 0 aromatic heterocycles. The second kappa shape index (κ2) is 5.08. The summed E-state index contributed by atoms with van der Waals surface area (Å²) < 4.78 is 6.34. The third-order valence-electron chi connectivity index (χ3n) is 6.25. The number of Topliss-reactive ketones (excluding diaryl/α,β-unsaturated/α-hetero) is 1. The first-order chi connectivity index (χ1) is 10.5. The summed E-state index contributed by atoms with van der Waals surface area (Å²) in [6.45, 7) is 2.20. The van der Waals surface area contributed by atoms with Crippen LogP contribution in [0.1, 0.15) is 43.2 Å². The van der Waals surface area contributed by atoms with Crippen LogP contribution in [0, 0.1) is 17.3 Å². The molecular formula is C19H21IO2. The lowest BCUT2D eigenvalue weighted by Crippen LogP contribution is -2.43. The molecule has 1 saturated carbocycles. The number of benzene rings is 1. The van der Waals surface area contributed by atoms with E-state index in [-0.39, 0.29) is 5.41 Å². The first kappa shape index (κ1) is 14.7. The van der Waals surface area contributed by atoms with Crippen LogP contribution in [0.3, 0.4) is 0 Å². The lowest BCUT2D eigenvalue weighted by molar-refractivity contribution is -0.127. The van der Waals surface area contributed by atoms with Crippen molar-refractivity contribution in [3.63, 3.8) is 0 Å². The minimum absolute atomic E-state index is 0.137. The molecule has 116 valence electrons. The van der Waals surface area contributed by atoms with E-state index < -0.39 is 0 Å². The van der Waals surface area contributed by atoms with Gasteiger partial charge in [0.15, 0.2) is 5.78 Å². The van der Waals surface area contributed by atoms with E-state index in [0.29, 0.717) is 23.5 Å². The van der Waals surface area contributed by atoms with Crippen LogP contribution >= 0.6 is 22.6 Å². The molecule has 1 fully saturated rings. The van der Waals surface area contributed by atoms with Crippen LogP contribution < -0.4 is 4.74 Å². The zero-order valence-electron chi connectivity index (χ0n) is 13.1. The number of carbonyl (C=O) groups excluding carboxylic acids is 1. The molecule has 22 heavy (non-hydrogen) atoms. The molecule has 0 amide bonds. The summed E-state index contributed by atoms with van der Waals surface area (Å²) >= 11 is 2.24. The van der Waals surface area contributed by atoms with Crippen molar-refractivity contribution in [3.05, 3.63) is 39.0 Å². The van der Waals surface area contributed by atoms with Gasteiger partial charge in [0.1, 0.15) is 5.75 Å². The predicted molar refractivity (Wildman–Crippen MR) is 95.5 cm³/mol. The topological polar surface area (TPSA) is 26.3 Å². The summed E-state index contributed by atoms with van der Waals surface area (Å²) in [5, 5.41) is 0. The second-order valence-electron chi connectivity index (χ2n) is 7.20. The Hall–Kier alpha value is -0.840. The molecular weight excluding hydrogens is 387 g/mol. The molecule has 2 nitrogen and oxygen atoms in total. The Bertz CT molecular complexity index is 678. The van der Waals surface area contributed by atoms with Gasteiger partial charge in [0.2, 0.25) is 0 Å². The predicted octanol–water partition coefficient (Wildman–Crippen LogP) is 4.66. The number of ketones is 1. The lowest BCUT2D eigenvalue weighted by Gasteiger charge is -2.47. The Morgan fingerprint density at radius 2 is 2.14 bits per heavy atom. The van der Waals surface area contributed by atoms with Gasteiger partial charge in [0.25, 0.3) is 0 Å². The van der Waals surface area contributed by atoms with E-state index in [0.717, 1.165) is 28.6 Å². The van der Waals surface area contributed by atoms with Gasteiger partial charge >= 0.3 is 0 Å². The van der Waals surface area contributed by atoms with Gasteiger partial charge in [-0.3, -0.25) is 4.79 Å². The number of methoxy groups -OCH3 is 1. The molecule has 4 rings (SSSR count). The molecule has 0 bridgehead atoms. The number of ether oxygens (including phenoxy) is 1. The summed E-state index contributed by atoms with van der Waals surface area (Å²) in [5.41, 5.74) is 2.82. The average Bonchev–Trinajstić information content (AvgIpc) is 2.77. The molecule has 1 aromatic carbocycles. The van der Waals surface area contributed by atoms with E-state index in [1.807, 2.05) is 0 Å². The van der Waals surface area contributed by atoms with E-state index in [1.165, 1.54) is 17.5 Å². The van der Waals surface area contributed by atoms with Gasteiger partial charge in [0.05, 0.1) is 10.7 Å². The monoisotopic (exact) mass is 408 g/mol. The van der Waals surface area contributed by atoms with Crippen molar-refractivity contribution in [1.82, 2.24) is 0 Å². The molecule has 3 heteroatoms. The van der Waals surface area contributed by atoms with Crippen molar-refractivity contribution in [2.45, 2.75) is 38.5 Å². The Morgan fingerprint density at radius 1 is 1.32 bits per heavy atom. The van der Waals surface area contributed by atoms with E-state index in [4.69, 9.17) is 4.74 Å². The van der Waals surface area contributed by atoms with Crippen molar-refractivity contribution < 1.29 is 9.53 Å². The smallest absolute Gasteiger partial charge is 0.175 e. The molecule has 0 saturated heterocycles. The molecule has 0 N–H and O–H groups in total. The fraction of sp³-hybridized carbons (Fsp3) is 0.526. The third-order valence-corrected chi connectivity index (χ3v) is 7.10. The number of hydrogen-bond acceptors (Lipinski definition) is 2. The fourth-order valence-corrected chi connectivity index (χ4v) is 6.02. The molecule has 3 aliphatic rings. The average molecular weight is 408 g/mol. The van der Waals surface area contributed by atoms with Crippen molar-refractivity contribution in [1.29, 1.82) is 0 Å². The van der Waals surface area contributed by atoms with Crippen LogP contribution in [-0.4, -0.2) is 12.9 Å². The van der Waals surface area contributed by atoms with Gasteiger partial charge in [-0.25, -0.2) is 0 Å². The van der Waals surface area contributed by atoms with Crippen LogP contribution in [0.2, 0.25) is 0 Å². The van der Waals surface area contributed by atoms with Gasteiger partial charge in [-0.15, -0.1) is 0 Å². The highest BCUT2D eigenvalue weighted by atomic mass is 127. The molecule has 0 radical (unpaired) electrons. The Kier molecular flexibility index (Phi) is 3.40. The molecule has 0 aliphatic heterocycles. The van der Waals surface area contributed by atoms with Gasteiger partial charge < -0.3 is 4.74 Å². The van der Waals surface area contributed by atoms with Gasteiger partial charge in [0, 0.05) is 5.41 Å². The normalized spacial score (nSPS) is 36.2. The van der Waals surface area contributed by atoms with Crippen molar-refractivity contribution in [2.75, 3.05) is 7.11 Å². The number of halogens is 1. The summed E-state index contributed by atoms with van der Waals surface area (Å²) in [5.74, 6) is 3.01. The van der Waals surface area contributed by atoms with Crippen molar-refractivity contribution >= 4 is 28.4 Å². The van der Waals surface area contributed by atoms with E-state index in [2.05, 4.69) is 53.8 Å². The largest absolute Gasteiger partial charge is 0.497 e. The number of aryl methyl sites for hydroxylation is 1. The molecule has 4 atom stereocenters. The van der Waals surface area contributed by atoms with E-state index >= 15 is 0 Å². The highest BCUT2D eigenvalue weighted by Gasteiger charge is 2.54. The van der Waals surface area contributed by atoms with Gasteiger partial charge in [-0.1, -0.05) is 19.1 Å². The molecule has 0 heterocycles. The maximum Gasteiger partial charge on any atom is 0.175 e. The lowest BCUT2D eigenvalue weighted by atomic mass is 9.55. The molecule has 1 aromatic rings. The first-order valence-corrected chi connectivity index (χ1v) is 9.21. The van der Waals surface area contributed by atoms with Crippen LogP contribution in [0.5, 0.6) is 5.75 Å². The Morgan fingerprint density at radius 3 is 2.91 bits per heavy atom. The maximum atomic E-state index is 12.6. The van der Waals surface area contributed by atoms with E-state index in [1.54, 1.807) is 7.11 Å². The molecule has 0 unspecified atom stereocenters. The zero-order chi connectivity index (χ0) is 15.5. The SMILES string of the molecule is COc1ccc2c(c1)CC[C@@H]1[C@@H]2CC[C@]2(C)C(=O)C(I)=C[C@@H]12. The fourth-order valence-electron chi connectivity index (χ4n) is 5.01. The second-order valence-corrected chi connectivity index (χ2v) is 8.36. The minimum atomic E-state index is -0.137. The summed E-state index contributed by atoms with van der Waals surface area (Å²) in [4.78, 5) is 12.6. The number of fused-ring (bicyclic) bond motifs is 5. The molecule has 3 aliphatic carbocycles. The summed E-state index contributed by atoms with van der Waals surface area (Å²) in [6.07, 6.45) is 6.73.